The zero-order valence-corrected chi connectivity index (χ0v) is 16.9. The van der Waals surface area contributed by atoms with Gasteiger partial charge in [-0.05, 0) is 55.3 Å². The second kappa shape index (κ2) is 7.87. The second-order valence-corrected chi connectivity index (χ2v) is 7.09. The number of Topliss-reactive ketones (excluding diaryl/α,β-unsaturated/α-hetero) is 1. The van der Waals surface area contributed by atoms with Gasteiger partial charge in [-0.3, -0.25) is 4.79 Å². The van der Waals surface area contributed by atoms with Gasteiger partial charge < -0.3 is 14.2 Å². The van der Waals surface area contributed by atoms with Crippen molar-refractivity contribution in [3.63, 3.8) is 0 Å². The third-order valence-electron chi connectivity index (χ3n) is 4.80. The molecule has 0 aliphatic carbocycles. The van der Waals surface area contributed by atoms with Crippen LogP contribution in [0, 0.1) is 13.8 Å². The average molecular weight is 400 g/mol. The summed E-state index contributed by atoms with van der Waals surface area (Å²) in [6.07, 6.45) is 1.72. The van der Waals surface area contributed by atoms with Gasteiger partial charge in [-0.2, -0.15) is 0 Å². The summed E-state index contributed by atoms with van der Waals surface area (Å²) in [6, 6.07) is 17.7. The number of carbonyl (C=O) groups excluding carboxylic acids is 2. The van der Waals surface area contributed by atoms with E-state index in [1.54, 1.807) is 49.4 Å². The lowest BCUT2D eigenvalue weighted by Gasteiger charge is -2.08. The SMILES string of the molecule is COc1cccc(C(=O)Oc2cc(C)c3c(c2)O/C(=C\c2cccc(C)c2)C3=O)c1. The van der Waals surface area contributed by atoms with E-state index in [1.165, 1.54) is 7.11 Å². The highest BCUT2D eigenvalue weighted by molar-refractivity contribution is 6.15. The lowest BCUT2D eigenvalue weighted by molar-refractivity contribution is 0.0734. The Kier molecular flexibility index (Phi) is 5.11. The van der Waals surface area contributed by atoms with Gasteiger partial charge in [0.25, 0.3) is 0 Å². The van der Waals surface area contributed by atoms with Crippen LogP contribution in [-0.2, 0) is 0 Å². The summed E-state index contributed by atoms with van der Waals surface area (Å²) in [5.41, 5.74) is 3.50. The van der Waals surface area contributed by atoms with Crippen molar-refractivity contribution < 1.29 is 23.8 Å². The van der Waals surface area contributed by atoms with Gasteiger partial charge in [-0.1, -0.05) is 35.9 Å². The van der Waals surface area contributed by atoms with Crippen molar-refractivity contribution in [3.8, 4) is 17.2 Å². The number of fused-ring (bicyclic) bond motifs is 1. The van der Waals surface area contributed by atoms with Crippen LogP contribution < -0.4 is 14.2 Å². The molecule has 1 heterocycles. The maximum Gasteiger partial charge on any atom is 0.343 e. The highest BCUT2D eigenvalue weighted by Crippen LogP contribution is 2.37. The molecule has 0 saturated heterocycles. The van der Waals surface area contributed by atoms with E-state index in [4.69, 9.17) is 14.2 Å². The first kappa shape index (κ1) is 19.5. The van der Waals surface area contributed by atoms with E-state index in [9.17, 15) is 9.59 Å². The third-order valence-corrected chi connectivity index (χ3v) is 4.80. The Hall–Kier alpha value is -3.86. The molecular weight excluding hydrogens is 380 g/mol. The number of methoxy groups -OCH3 is 1. The third kappa shape index (κ3) is 3.82. The minimum atomic E-state index is -0.520. The molecule has 0 N–H and O–H groups in total. The number of allylic oxidation sites excluding steroid dienone is 1. The van der Waals surface area contributed by atoms with Gasteiger partial charge in [0.2, 0.25) is 5.78 Å². The molecule has 0 spiro atoms. The second-order valence-electron chi connectivity index (χ2n) is 7.09. The summed E-state index contributed by atoms with van der Waals surface area (Å²) >= 11 is 0. The van der Waals surface area contributed by atoms with Crippen LogP contribution in [0.5, 0.6) is 17.2 Å². The maximum atomic E-state index is 12.8. The molecule has 1 aliphatic heterocycles. The van der Waals surface area contributed by atoms with Crippen LogP contribution in [0.25, 0.3) is 6.08 Å². The maximum absolute atomic E-state index is 12.8. The summed E-state index contributed by atoms with van der Waals surface area (Å²) in [5.74, 6) is 0.795. The molecule has 0 bridgehead atoms. The quantitative estimate of drug-likeness (QED) is 0.344. The molecule has 3 aromatic rings. The molecule has 0 fully saturated rings. The van der Waals surface area contributed by atoms with Gasteiger partial charge in [0, 0.05) is 6.07 Å². The van der Waals surface area contributed by atoms with Crippen molar-refractivity contribution in [1.29, 1.82) is 0 Å². The van der Waals surface area contributed by atoms with Crippen LogP contribution in [0.1, 0.15) is 37.4 Å². The van der Waals surface area contributed by atoms with Gasteiger partial charge in [0.05, 0.1) is 18.2 Å². The zero-order chi connectivity index (χ0) is 21.3. The molecule has 1 aliphatic rings. The Morgan fingerprint density at radius 3 is 2.53 bits per heavy atom. The number of esters is 1. The van der Waals surface area contributed by atoms with Crippen molar-refractivity contribution in [2.24, 2.45) is 0 Å². The van der Waals surface area contributed by atoms with Gasteiger partial charge in [-0.15, -0.1) is 0 Å². The number of carbonyl (C=O) groups is 2. The molecule has 5 heteroatoms. The summed E-state index contributed by atoms with van der Waals surface area (Å²) in [6.45, 7) is 3.78. The molecule has 0 saturated carbocycles. The zero-order valence-electron chi connectivity index (χ0n) is 16.9. The van der Waals surface area contributed by atoms with E-state index in [2.05, 4.69) is 0 Å². The molecule has 5 nitrogen and oxygen atoms in total. The van der Waals surface area contributed by atoms with Crippen molar-refractivity contribution in [1.82, 2.24) is 0 Å². The van der Waals surface area contributed by atoms with Crippen LogP contribution in [0.15, 0.2) is 66.4 Å². The first-order valence-electron chi connectivity index (χ1n) is 9.46. The fourth-order valence-electron chi connectivity index (χ4n) is 3.36. The number of aryl methyl sites for hydroxylation is 2. The number of ketones is 1. The van der Waals surface area contributed by atoms with E-state index in [1.807, 2.05) is 31.2 Å². The molecule has 0 atom stereocenters. The molecule has 4 rings (SSSR count). The van der Waals surface area contributed by atoms with Crippen LogP contribution in [0.3, 0.4) is 0 Å². The fourth-order valence-corrected chi connectivity index (χ4v) is 3.36. The number of hydrogen-bond acceptors (Lipinski definition) is 5. The van der Waals surface area contributed by atoms with Crippen LogP contribution in [0.4, 0.5) is 0 Å². The van der Waals surface area contributed by atoms with E-state index < -0.39 is 5.97 Å². The van der Waals surface area contributed by atoms with Crippen molar-refractivity contribution in [2.45, 2.75) is 13.8 Å². The average Bonchev–Trinajstić information content (AvgIpc) is 3.03. The topological polar surface area (TPSA) is 61.8 Å². The molecule has 0 amide bonds. The minimum Gasteiger partial charge on any atom is -0.497 e. The van der Waals surface area contributed by atoms with Gasteiger partial charge in [0.15, 0.2) is 5.76 Å². The van der Waals surface area contributed by atoms with E-state index in [0.29, 0.717) is 33.9 Å². The summed E-state index contributed by atoms with van der Waals surface area (Å²) in [5, 5.41) is 0. The lowest BCUT2D eigenvalue weighted by atomic mass is 10.0. The number of benzene rings is 3. The van der Waals surface area contributed by atoms with Crippen LogP contribution in [0.2, 0.25) is 0 Å². The predicted octanol–water partition coefficient (Wildman–Crippen LogP) is 5.15. The monoisotopic (exact) mass is 400 g/mol. The molecule has 3 aromatic carbocycles. The van der Waals surface area contributed by atoms with Gasteiger partial charge >= 0.3 is 5.97 Å². The van der Waals surface area contributed by atoms with Crippen molar-refractivity contribution in [3.05, 3.63) is 94.2 Å². The molecule has 0 aromatic heterocycles. The molecule has 150 valence electrons. The van der Waals surface area contributed by atoms with Crippen molar-refractivity contribution in [2.75, 3.05) is 7.11 Å². The van der Waals surface area contributed by atoms with Gasteiger partial charge in [-0.25, -0.2) is 4.79 Å². The fraction of sp³-hybridized carbons (Fsp3) is 0.120. The Balaban J connectivity index is 1.60. The van der Waals surface area contributed by atoms with E-state index in [0.717, 1.165) is 11.1 Å². The first-order chi connectivity index (χ1) is 14.4. The number of ether oxygens (including phenoxy) is 3. The highest BCUT2D eigenvalue weighted by Gasteiger charge is 2.30. The predicted molar refractivity (Wildman–Crippen MR) is 113 cm³/mol. The Morgan fingerprint density at radius 2 is 1.77 bits per heavy atom. The van der Waals surface area contributed by atoms with Crippen LogP contribution >= 0.6 is 0 Å². The first-order valence-corrected chi connectivity index (χ1v) is 9.46. The summed E-state index contributed by atoms with van der Waals surface area (Å²) in [4.78, 5) is 25.3. The summed E-state index contributed by atoms with van der Waals surface area (Å²) in [7, 11) is 1.53. The number of rotatable bonds is 4. The minimum absolute atomic E-state index is 0.185. The summed E-state index contributed by atoms with van der Waals surface area (Å²) < 4.78 is 16.5. The molecule has 0 radical (unpaired) electrons. The van der Waals surface area contributed by atoms with Crippen LogP contribution in [-0.4, -0.2) is 18.9 Å². The Morgan fingerprint density at radius 1 is 0.967 bits per heavy atom. The van der Waals surface area contributed by atoms with Gasteiger partial charge in [0.1, 0.15) is 17.2 Å². The van der Waals surface area contributed by atoms with Crippen molar-refractivity contribution >= 4 is 17.8 Å². The normalized spacial score (nSPS) is 13.7. The molecular formula is C25H20O5. The Bertz CT molecular complexity index is 1190. The van der Waals surface area contributed by atoms with E-state index >= 15 is 0 Å². The number of hydrogen-bond donors (Lipinski definition) is 0. The smallest absolute Gasteiger partial charge is 0.343 e. The largest absolute Gasteiger partial charge is 0.497 e. The lowest BCUT2D eigenvalue weighted by Crippen LogP contribution is -2.09. The Labute approximate surface area is 174 Å². The van der Waals surface area contributed by atoms with E-state index in [-0.39, 0.29) is 11.5 Å². The molecule has 0 unspecified atom stereocenters. The highest BCUT2D eigenvalue weighted by atomic mass is 16.5. The standard InChI is InChI=1S/C25H20O5/c1-15-6-4-7-17(10-15)12-22-24(26)23-16(2)11-20(14-21(23)30-22)29-25(27)18-8-5-9-19(13-18)28-3/h4-14H,1-3H3/b22-12-. The molecule has 30 heavy (non-hydrogen) atoms.